The average molecular weight is 282 g/mol. The molecule has 1 amide bonds. The summed E-state index contributed by atoms with van der Waals surface area (Å²) < 4.78 is 26.6. The van der Waals surface area contributed by atoms with Crippen LogP contribution in [0.25, 0.3) is 0 Å². The van der Waals surface area contributed by atoms with Gasteiger partial charge in [0.05, 0.1) is 6.04 Å². The highest BCUT2D eigenvalue weighted by Crippen LogP contribution is 2.21. The second-order valence-electron chi connectivity index (χ2n) is 5.54. The average Bonchev–Trinajstić information content (AvgIpc) is 2.54. The lowest BCUT2D eigenvalue weighted by atomic mass is 10.0. The van der Waals surface area contributed by atoms with Crippen molar-refractivity contribution >= 4 is 5.91 Å². The Balaban J connectivity index is 2.06. The Labute approximate surface area is 117 Å². The van der Waals surface area contributed by atoms with Gasteiger partial charge >= 0.3 is 0 Å². The Bertz CT molecular complexity index is 493. The van der Waals surface area contributed by atoms with E-state index < -0.39 is 17.7 Å². The summed E-state index contributed by atoms with van der Waals surface area (Å²) in [7, 11) is 0. The van der Waals surface area contributed by atoms with Gasteiger partial charge in [-0.2, -0.15) is 0 Å². The molecule has 2 N–H and O–H groups in total. The minimum Gasteiger partial charge on any atom is -0.341 e. The van der Waals surface area contributed by atoms with E-state index in [1.54, 1.807) is 4.90 Å². The highest BCUT2D eigenvalue weighted by molar-refractivity contribution is 5.76. The molecule has 2 rings (SSSR count). The van der Waals surface area contributed by atoms with Gasteiger partial charge in [-0.3, -0.25) is 4.79 Å². The third-order valence-corrected chi connectivity index (χ3v) is 3.87. The molecule has 0 spiro atoms. The van der Waals surface area contributed by atoms with Crippen LogP contribution in [0.3, 0.4) is 0 Å². The zero-order valence-corrected chi connectivity index (χ0v) is 11.6. The zero-order chi connectivity index (χ0) is 14.7. The van der Waals surface area contributed by atoms with Crippen molar-refractivity contribution in [3.05, 3.63) is 35.4 Å². The lowest BCUT2D eigenvalue weighted by molar-refractivity contribution is -0.130. The van der Waals surface area contributed by atoms with Crippen LogP contribution in [0.4, 0.5) is 8.78 Å². The van der Waals surface area contributed by atoms with Crippen LogP contribution < -0.4 is 5.73 Å². The number of carbonyl (C=O) groups excluding carboxylic acids is 1. The third-order valence-electron chi connectivity index (χ3n) is 3.87. The number of rotatable bonds is 3. The summed E-state index contributed by atoms with van der Waals surface area (Å²) in [5.74, 6) is -0.707. The molecular formula is C15H20F2N2O. The van der Waals surface area contributed by atoms with Gasteiger partial charge in [0.1, 0.15) is 11.6 Å². The second kappa shape index (κ2) is 6.31. The second-order valence-corrected chi connectivity index (χ2v) is 5.54. The molecule has 5 heteroatoms. The van der Waals surface area contributed by atoms with E-state index in [9.17, 15) is 13.6 Å². The molecule has 0 radical (unpaired) electrons. The Kier molecular flexibility index (Phi) is 4.70. The first-order valence-corrected chi connectivity index (χ1v) is 6.95. The Morgan fingerprint density at radius 3 is 2.85 bits per heavy atom. The maximum absolute atomic E-state index is 13.7. The lowest BCUT2D eigenvalue weighted by Gasteiger charge is -2.25. The zero-order valence-electron chi connectivity index (χ0n) is 11.6. The van der Waals surface area contributed by atoms with Crippen LogP contribution in [0, 0.1) is 17.6 Å². The molecule has 1 aliphatic rings. The Morgan fingerprint density at radius 1 is 1.40 bits per heavy atom. The fraction of sp³-hybridized carbons (Fsp3) is 0.533. The van der Waals surface area contributed by atoms with Gasteiger partial charge in [-0.05, 0) is 24.8 Å². The normalized spacial score (nSPS) is 21.7. The molecule has 2 unspecified atom stereocenters. The standard InChI is InChI=1S/C15H20F2N2O/c1-10-2-5-15(20)19(7-6-10)9-14(18)12-4-3-11(16)8-13(12)17/h3-4,8,10,14H,2,5-7,9,18H2,1H3. The van der Waals surface area contributed by atoms with Crippen LogP contribution in [-0.2, 0) is 4.79 Å². The van der Waals surface area contributed by atoms with Crippen molar-refractivity contribution in [2.24, 2.45) is 11.7 Å². The van der Waals surface area contributed by atoms with E-state index in [2.05, 4.69) is 6.92 Å². The molecule has 0 saturated carbocycles. The highest BCUT2D eigenvalue weighted by atomic mass is 19.1. The number of amides is 1. The molecule has 3 nitrogen and oxygen atoms in total. The van der Waals surface area contributed by atoms with Gasteiger partial charge in [-0.25, -0.2) is 8.78 Å². The summed E-state index contributed by atoms with van der Waals surface area (Å²) in [4.78, 5) is 13.7. The van der Waals surface area contributed by atoms with E-state index in [1.807, 2.05) is 0 Å². The quantitative estimate of drug-likeness (QED) is 0.926. The van der Waals surface area contributed by atoms with E-state index in [-0.39, 0.29) is 18.0 Å². The maximum atomic E-state index is 13.7. The predicted octanol–water partition coefficient (Wildman–Crippen LogP) is 2.61. The van der Waals surface area contributed by atoms with Crippen LogP contribution in [0.2, 0.25) is 0 Å². The van der Waals surface area contributed by atoms with Crippen molar-refractivity contribution in [1.82, 2.24) is 4.90 Å². The largest absolute Gasteiger partial charge is 0.341 e. The first-order valence-electron chi connectivity index (χ1n) is 6.95. The predicted molar refractivity (Wildman–Crippen MR) is 72.9 cm³/mol. The molecule has 2 atom stereocenters. The van der Waals surface area contributed by atoms with Crippen LogP contribution in [-0.4, -0.2) is 23.9 Å². The van der Waals surface area contributed by atoms with E-state index in [0.29, 0.717) is 18.9 Å². The van der Waals surface area contributed by atoms with Gasteiger partial charge in [0.25, 0.3) is 0 Å². The van der Waals surface area contributed by atoms with Crippen LogP contribution in [0.5, 0.6) is 0 Å². The molecule has 20 heavy (non-hydrogen) atoms. The van der Waals surface area contributed by atoms with E-state index in [0.717, 1.165) is 18.9 Å². The number of halogens is 2. The maximum Gasteiger partial charge on any atom is 0.222 e. The summed E-state index contributed by atoms with van der Waals surface area (Å²) in [5.41, 5.74) is 6.22. The van der Waals surface area contributed by atoms with Crippen molar-refractivity contribution in [3.63, 3.8) is 0 Å². The van der Waals surface area contributed by atoms with Crippen molar-refractivity contribution in [2.45, 2.75) is 32.2 Å². The Morgan fingerprint density at radius 2 is 2.15 bits per heavy atom. The lowest BCUT2D eigenvalue weighted by Crippen LogP contribution is -2.37. The van der Waals surface area contributed by atoms with Gasteiger partial charge in [0, 0.05) is 31.1 Å². The number of hydrogen-bond donors (Lipinski definition) is 1. The minimum absolute atomic E-state index is 0.0623. The number of carbonyl (C=O) groups is 1. The summed E-state index contributed by atoms with van der Waals surface area (Å²) >= 11 is 0. The minimum atomic E-state index is -0.659. The van der Waals surface area contributed by atoms with Crippen molar-refractivity contribution in [2.75, 3.05) is 13.1 Å². The van der Waals surface area contributed by atoms with Gasteiger partial charge in [-0.15, -0.1) is 0 Å². The van der Waals surface area contributed by atoms with Crippen molar-refractivity contribution < 1.29 is 13.6 Å². The number of nitrogens with two attached hydrogens (primary N) is 1. The first-order chi connectivity index (χ1) is 9.47. The van der Waals surface area contributed by atoms with E-state index >= 15 is 0 Å². The number of nitrogens with zero attached hydrogens (tertiary/aromatic N) is 1. The fourth-order valence-corrected chi connectivity index (χ4v) is 2.50. The molecule has 0 bridgehead atoms. The Hall–Kier alpha value is -1.49. The van der Waals surface area contributed by atoms with Gasteiger partial charge in [0.2, 0.25) is 5.91 Å². The molecular weight excluding hydrogens is 262 g/mol. The van der Waals surface area contributed by atoms with Crippen molar-refractivity contribution in [3.8, 4) is 0 Å². The molecule has 1 aliphatic heterocycles. The van der Waals surface area contributed by atoms with Gasteiger partial charge < -0.3 is 10.6 Å². The molecule has 1 aromatic carbocycles. The molecule has 110 valence electrons. The molecule has 0 aromatic heterocycles. The first kappa shape index (κ1) is 14.9. The molecule has 0 aliphatic carbocycles. The molecule has 1 heterocycles. The monoisotopic (exact) mass is 282 g/mol. The van der Waals surface area contributed by atoms with E-state index in [1.165, 1.54) is 12.1 Å². The molecule has 1 aromatic rings. The third kappa shape index (κ3) is 3.54. The smallest absolute Gasteiger partial charge is 0.222 e. The highest BCUT2D eigenvalue weighted by Gasteiger charge is 2.23. The summed E-state index contributed by atoms with van der Waals surface area (Å²) in [6.45, 7) is 3.04. The van der Waals surface area contributed by atoms with Crippen LogP contribution in [0.15, 0.2) is 18.2 Å². The van der Waals surface area contributed by atoms with Crippen LogP contribution >= 0.6 is 0 Å². The van der Waals surface area contributed by atoms with Gasteiger partial charge in [0.15, 0.2) is 0 Å². The summed E-state index contributed by atoms with van der Waals surface area (Å²) in [6.07, 6.45) is 2.33. The number of hydrogen-bond acceptors (Lipinski definition) is 2. The van der Waals surface area contributed by atoms with Crippen molar-refractivity contribution in [1.29, 1.82) is 0 Å². The summed E-state index contributed by atoms with van der Waals surface area (Å²) in [6, 6.07) is 2.72. The van der Waals surface area contributed by atoms with Crippen LogP contribution in [0.1, 0.15) is 37.8 Å². The summed E-state index contributed by atoms with van der Waals surface area (Å²) in [5, 5.41) is 0. The number of benzene rings is 1. The molecule has 1 saturated heterocycles. The fourth-order valence-electron chi connectivity index (χ4n) is 2.50. The van der Waals surface area contributed by atoms with Gasteiger partial charge in [-0.1, -0.05) is 13.0 Å². The van der Waals surface area contributed by atoms with E-state index in [4.69, 9.17) is 5.73 Å². The SMILES string of the molecule is CC1CCC(=O)N(CC(N)c2ccc(F)cc2F)CC1. The topological polar surface area (TPSA) is 46.3 Å². The molecule has 1 fully saturated rings. The number of likely N-dealkylation sites (tertiary alicyclic amines) is 1.